The van der Waals surface area contributed by atoms with Crippen molar-refractivity contribution >= 4 is 33.9 Å². The van der Waals surface area contributed by atoms with Gasteiger partial charge in [-0.1, -0.05) is 0 Å². The molecule has 10 heteroatoms. The molecule has 9 nitrogen and oxygen atoms in total. The van der Waals surface area contributed by atoms with Crippen molar-refractivity contribution < 1.29 is 19.6 Å². The number of rotatable bonds is 3. The van der Waals surface area contributed by atoms with E-state index in [0.717, 1.165) is 6.07 Å². The Balaban J connectivity index is 2.09. The van der Waals surface area contributed by atoms with Crippen LogP contribution in [0.5, 0.6) is 11.5 Å². The van der Waals surface area contributed by atoms with Crippen molar-refractivity contribution in [3.63, 3.8) is 0 Å². The Morgan fingerprint density at radius 2 is 2.15 bits per heavy atom. The normalized spacial score (nSPS) is 10.8. The molecule has 0 aliphatic carbocycles. The molecule has 1 aromatic carbocycles. The van der Waals surface area contributed by atoms with Gasteiger partial charge in [0, 0.05) is 11.6 Å². The molecule has 0 saturated heterocycles. The fourth-order valence-corrected chi connectivity index (χ4v) is 1.60. The molecule has 0 unspecified atom stereocenters. The number of nitrogens with zero attached hydrogens (tertiary/aromatic N) is 3. The lowest BCUT2D eigenvalue weighted by Crippen LogP contribution is -2.19. The number of carbonyl (C=O) groups excluding carboxylic acids is 1. The number of hydrogen-bond donors (Lipinski definition) is 4. The molecule has 0 radical (unpaired) electrons. The van der Waals surface area contributed by atoms with Crippen LogP contribution in [-0.4, -0.2) is 32.6 Å². The molecule has 2 aromatic rings. The number of nitrogens with two attached hydrogens (primary N) is 1. The van der Waals surface area contributed by atoms with E-state index in [1.165, 1.54) is 12.3 Å². The number of aromatic hydroxyl groups is 2. The number of benzene rings is 1. The van der Waals surface area contributed by atoms with E-state index in [1.54, 1.807) is 0 Å². The highest BCUT2D eigenvalue weighted by atomic mass is 79.9. The first-order valence-corrected chi connectivity index (χ1v) is 5.91. The maximum absolute atomic E-state index is 11.5. The number of amides is 1. The number of phenols is 2. The highest BCUT2D eigenvalue weighted by Crippen LogP contribution is 2.30. The number of halogens is 1. The number of phenolic OH excluding ortho intramolecular Hbond substituents is 2. The number of carbonyl (C=O) groups is 1. The van der Waals surface area contributed by atoms with Crippen molar-refractivity contribution in [2.45, 2.75) is 0 Å². The van der Waals surface area contributed by atoms with E-state index >= 15 is 0 Å². The van der Waals surface area contributed by atoms with Gasteiger partial charge in [0.25, 0.3) is 5.91 Å². The van der Waals surface area contributed by atoms with Crippen LogP contribution in [0.3, 0.4) is 0 Å². The summed E-state index contributed by atoms with van der Waals surface area (Å²) in [4.78, 5) is 11.5. The molecular formula is C10H8BrN5O4. The van der Waals surface area contributed by atoms with Crippen LogP contribution >= 0.6 is 15.9 Å². The third kappa shape index (κ3) is 2.85. The van der Waals surface area contributed by atoms with Crippen LogP contribution in [0.1, 0.15) is 16.1 Å². The number of nitrogen functional groups attached to an aromatic ring is 1. The second-order valence-corrected chi connectivity index (χ2v) is 4.41. The molecule has 2 rings (SSSR count). The Kier molecular flexibility index (Phi) is 3.84. The zero-order valence-electron chi connectivity index (χ0n) is 9.74. The van der Waals surface area contributed by atoms with Gasteiger partial charge in [-0.15, -0.1) is 0 Å². The highest BCUT2D eigenvalue weighted by molar-refractivity contribution is 9.10. The lowest BCUT2D eigenvalue weighted by Gasteiger charge is -2.02. The largest absolute Gasteiger partial charge is 0.507 e. The standard InChI is InChI=1S/C10H8BrN5O4/c11-5-1-4(6(17)2-7(5)18)3-13-14-10(19)8-9(12)16-20-15-8/h1-3,17-18H,(H2,12,16)(H,14,19). The number of hydrogen-bond acceptors (Lipinski definition) is 8. The van der Waals surface area contributed by atoms with Gasteiger partial charge in [-0.25, -0.2) is 10.1 Å². The Morgan fingerprint density at radius 3 is 2.80 bits per heavy atom. The quantitative estimate of drug-likeness (QED) is 0.471. The SMILES string of the molecule is Nc1nonc1C(=O)NN=Cc1cc(Br)c(O)cc1O. The number of aromatic nitrogens is 2. The van der Waals surface area contributed by atoms with Gasteiger partial charge >= 0.3 is 0 Å². The van der Waals surface area contributed by atoms with Crippen molar-refractivity contribution in [3.8, 4) is 11.5 Å². The monoisotopic (exact) mass is 341 g/mol. The fraction of sp³-hybridized carbons (Fsp3) is 0. The summed E-state index contributed by atoms with van der Waals surface area (Å²) < 4.78 is 4.64. The third-order valence-electron chi connectivity index (χ3n) is 2.19. The lowest BCUT2D eigenvalue weighted by atomic mass is 10.2. The van der Waals surface area contributed by atoms with E-state index in [1.807, 2.05) is 0 Å². The summed E-state index contributed by atoms with van der Waals surface area (Å²) in [6.45, 7) is 0. The molecule has 1 amide bonds. The van der Waals surface area contributed by atoms with Gasteiger partial charge in [0.2, 0.25) is 11.5 Å². The zero-order chi connectivity index (χ0) is 14.7. The smallest absolute Gasteiger partial charge is 0.297 e. The molecule has 104 valence electrons. The molecule has 0 spiro atoms. The summed E-state index contributed by atoms with van der Waals surface area (Å²) in [7, 11) is 0. The van der Waals surface area contributed by atoms with Crippen molar-refractivity contribution in [2.75, 3.05) is 5.73 Å². The summed E-state index contributed by atoms with van der Waals surface area (Å²) in [5, 5.41) is 29.1. The van der Waals surface area contributed by atoms with Crippen LogP contribution in [0.25, 0.3) is 0 Å². The zero-order valence-corrected chi connectivity index (χ0v) is 11.3. The summed E-state index contributed by atoms with van der Waals surface area (Å²) in [5.41, 5.74) is 7.55. The summed E-state index contributed by atoms with van der Waals surface area (Å²) >= 11 is 3.08. The van der Waals surface area contributed by atoms with E-state index in [2.05, 4.69) is 41.4 Å². The maximum Gasteiger partial charge on any atom is 0.297 e. The van der Waals surface area contributed by atoms with Crippen LogP contribution in [0, 0.1) is 0 Å². The molecule has 0 saturated carbocycles. The predicted molar refractivity (Wildman–Crippen MR) is 71.2 cm³/mol. The highest BCUT2D eigenvalue weighted by Gasteiger charge is 2.15. The van der Waals surface area contributed by atoms with E-state index in [9.17, 15) is 15.0 Å². The van der Waals surface area contributed by atoms with Crippen LogP contribution in [0.15, 0.2) is 26.3 Å². The Hall–Kier alpha value is -2.62. The maximum atomic E-state index is 11.5. The Bertz CT molecular complexity index is 684. The van der Waals surface area contributed by atoms with E-state index in [0.29, 0.717) is 4.47 Å². The molecule has 0 aliphatic rings. The van der Waals surface area contributed by atoms with E-state index in [-0.39, 0.29) is 28.6 Å². The van der Waals surface area contributed by atoms with E-state index < -0.39 is 5.91 Å². The second kappa shape index (κ2) is 5.57. The van der Waals surface area contributed by atoms with Crippen molar-refractivity contribution in [1.29, 1.82) is 0 Å². The molecule has 0 atom stereocenters. The van der Waals surface area contributed by atoms with Gasteiger partial charge in [0.15, 0.2) is 0 Å². The van der Waals surface area contributed by atoms with Gasteiger partial charge in [-0.05, 0) is 32.3 Å². The molecule has 5 N–H and O–H groups in total. The fourth-order valence-electron chi connectivity index (χ4n) is 1.24. The van der Waals surface area contributed by atoms with Gasteiger partial charge in [-0.3, -0.25) is 4.79 Å². The summed E-state index contributed by atoms with van der Waals surface area (Å²) in [5.74, 6) is -1.19. The summed E-state index contributed by atoms with van der Waals surface area (Å²) in [6.07, 6.45) is 1.18. The molecule has 0 fully saturated rings. The van der Waals surface area contributed by atoms with Gasteiger partial charge in [0.05, 0.1) is 10.7 Å². The van der Waals surface area contributed by atoms with Crippen LogP contribution in [0.2, 0.25) is 0 Å². The minimum absolute atomic E-state index is 0.120. The van der Waals surface area contributed by atoms with Crippen LogP contribution < -0.4 is 11.2 Å². The van der Waals surface area contributed by atoms with Crippen molar-refractivity contribution in [3.05, 3.63) is 27.9 Å². The topological polar surface area (TPSA) is 147 Å². The van der Waals surface area contributed by atoms with Crippen molar-refractivity contribution in [1.82, 2.24) is 15.7 Å². The Morgan fingerprint density at radius 1 is 1.40 bits per heavy atom. The van der Waals surface area contributed by atoms with Gasteiger partial charge in [-0.2, -0.15) is 5.10 Å². The first kappa shape index (κ1) is 13.8. The number of nitrogens with one attached hydrogen (secondary N) is 1. The summed E-state index contributed by atoms with van der Waals surface area (Å²) in [6, 6.07) is 2.55. The average molecular weight is 342 g/mol. The molecule has 0 aliphatic heterocycles. The first-order valence-electron chi connectivity index (χ1n) is 5.12. The molecule has 1 aromatic heterocycles. The van der Waals surface area contributed by atoms with Crippen LogP contribution in [-0.2, 0) is 0 Å². The lowest BCUT2D eigenvalue weighted by molar-refractivity contribution is 0.0946. The predicted octanol–water partition coefficient (Wildman–Crippen LogP) is 0.589. The number of anilines is 1. The molecule has 20 heavy (non-hydrogen) atoms. The average Bonchev–Trinajstić information content (AvgIpc) is 2.81. The van der Waals surface area contributed by atoms with Crippen molar-refractivity contribution in [2.24, 2.45) is 5.10 Å². The molecular weight excluding hydrogens is 334 g/mol. The molecule has 1 heterocycles. The minimum Gasteiger partial charge on any atom is -0.507 e. The minimum atomic E-state index is -0.711. The molecule has 0 bridgehead atoms. The number of hydrazone groups is 1. The second-order valence-electron chi connectivity index (χ2n) is 3.56. The first-order chi connectivity index (χ1) is 9.49. The van der Waals surface area contributed by atoms with Crippen LogP contribution in [0.4, 0.5) is 5.82 Å². The van der Waals surface area contributed by atoms with Gasteiger partial charge in [0.1, 0.15) is 11.5 Å². The third-order valence-corrected chi connectivity index (χ3v) is 2.83. The van der Waals surface area contributed by atoms with E-state index in [4.69, 9.17) is 5.73 Å². The Labute approximate surface area is 120 Å². The van der Waals surface area contributed by atoms with Gasteiger partial charge < -0.3 is 15.9 Å².